The Balaban J connectivity index is 1.93. The first-order valence-corrected chi connectivity index (χ1v) is 8.95. The fraction of sp³-hybridized carbons (Fsp3) is 0.588. The molecule has 0 radical (unpaired) electrons. The minimum absolute atomic E-state index is 0.0632. The van der Waals surface area contributed by atoms with Crippen molar-refractivity contribution in [1.29, 1.82) is 0 Å². The van der Waals surface area contributed by atoms with Crippen LogP contribution >= 0.6 is 11.8 Å². The summed E-state index contributed by atoms with van der Waals surface area (Å²) in [6.45, 7) is 7.21. The fourth-order valence-electron chi connectivity index (χ4n) is 2.92. The number of carbonyl (C=O) groups excluding carboxylic acids is 1. The lowest BCUT2D eigenvalue weighted by Gasteiger charge is -2.14. The molecule has 1 saturated carbocycles. The molecule has 1 aliphatic rings. The molecular formula is C17H26N2OS. The molecule has 0 spiro atoms. The van der Waals surface area contributed by atoms with Crippen LogP contribution in [-0.4, -0.2) is 29.5 Å². The minimum Gasteiger partial charge on any atom is -0.385 e. The molecule has 1 amide bonds. The first-order valence-electron chi connectivity index (χ1n) is 7.91. The topological polar surface area (TPSA) is 41.1 Å². The van der Waals surface area contributed by atoms with Crippen LogP contribution in [0.5, 0.6) is 0 Å². The average molecular weight is 306 g/mol. The number of hydrogen-bond donors (Lipinski definition) is 2. The van der Waals surface area contributed by atoms with Crippen LogP contribution in [-0.2, 0) is 0 Å². The van der Waals surface area contributed by atoms with E-state index in [1.165, 1.54) is 6.42 Å². The molecule has 116 valence electrons. The number of aryl methyl sites for hydroxylation is 1. The number of nitrogens with one attached hydrogen (secondary N) is 2. The molecule has 1 aromatic rings. The normalized spacial score (nSPS) is 21.3. The highest BCUT2D eigenvalue weighted by molar-refractivity contribution is 7.99. The predicted octanol–water partition coefficient (Wildman–Crippen LogP) is 3.83. The number of hydrogen-bond acceptors (Lipinski definition) is 3. The van der Waals surface area contributed by atoms with Crippen LogP contribution in [0.15, 0.2) is 18.2 Å². The Morgan fingerprint density at radius 1 is 1.33 bits per heavy atom. The molecule has 0 aromatic heterocycles. The van der Waals surface area contributed by atoms with Crippen LogP contribution in [0.2, 0.25) is 0 Å². The fourth-order valence-corrected chi connectivity index (χ4v) is 4.06. The van der Waals surface area contributed by atoms with E-state index in [4.69, 9.17) is 0 Å². The third kappa shape index (κ3) is 4.40. The van der Waals surface area contributed by atoms with Crippen molar-refractivity contribution in [2.45, 2.75) is 51.3 Å². The Labute approximate surface area is 132 Å². The van der Waals surface area contributed by atoms with E-state index >= 15 is 0 Å². The summed E-state index contributed by atoms with van der Waals surface area (Å²) in [5, 5.41) is 7.21. The third-order valence-electron chi connectivity index (χ3n) is 3.98. The number of anilines is 1. The molecule has 1 aromatic carbocycles. The van der Waals surface area contributed by atoms with E-state index in [-0.39, 0.29) is 5.91 Å². The maximum Gasteiger partial charge on any atom is 0.251 e. The van der Waals surface area contributed by atoms with E-state index in [1.807, 2.05) is 36.9 Å². The van der Waals surface area contributed by atoms with Crippen molar-refractivity contribution in [2.75, 3.05) is 17.6 Å². The Morgan fingerprint density at radius 2 is 2.14 bits per heavy atom. The minimum atomic E-state index is 0.0632. The van der Waals surface area contributed by atoms with Crippen molar-refractivity contribution in [3.63, 3.8) is 0 Å². The summed E-state index contributed by atoms with van der Waals surface area (Å²) < 4.78 is 0. The molecule has 4 heteroatoms. The predicted molar refractivity (Wildman–Crippen MR) is 92.4 cm³/mol. The van der Waals surface area contributed by atoms with E-state index in [0.717, 1.165) is 47.2 Å². The highest BCUT2D eigenvalue weighted by Crippen LogP contribution is 2.29. The quantitative estimate of drug-likeness (QED) is 0.839. The number of rotatable bonds is 6. The number of benzene rings is 1. The van der Waals surface area contributed by atoms with Crippen LogP contribution < -0.4 is 10.6 Å². The van der Waals surface area contributed by atoms with Gasteiger partial charge in [0, 0.05) is 29.1 Å². The summed E-state index contributed by atoms with van der Waals surface area (Å²) >= 11 is 2.02. The lowest BCUT2D eigenvalue weighted by Crippen LogP contribution is -2.33. The van der Waals surface area contributed by atoms with E-state index in [2.05, 4.69) is 24.5 Å². The van der Waals surface area contributed by atoms with Crippen LogP contribution in [0.25, 0.3) is 0 Å². The Kier molecular flexibility index (Phi) is 5.97. The third-order valence-corrected chi connectivity index (χ3v) is 5.21. The number of thioether (sulfide) groups is 1. The van der Waals surface area contributed by atoms with Gasteiger partial charge in [0.05, 0.1) is 0 Å². The lowest BCUT2D eigenvalue weighted by molar-refractivity contribution is 0.0938. The second kappa shape index (κ2) is 7.74. The first-order chi connectivity index (χ1) is 10.1. The number of amides is 1. The van der Waals surface area contributed by atoms with Crippen LogP contribution in [0.1, 0.15) is 49.0 Å². The zero-order chi connectivity index (χ0) is 15.2. The largest absolute Gasteiger partial charge is 0.385 e. The van der Waals surface area contributed by atoms with Crippen molar-refractivity contribution in [3.05, 3.63) is 29.3 Å². The SMILES string of the molecule is CCNc1ccc(C(=O)NC2CCC(SCC)C2)cc1C. The van der Waals surface area contributed by atoms with E-state index in [9.17, 15) is 4.79 Å². The molecule has 0 aliphatic heterocycles. The van der Waals surface area contributed by atoms with E-state index in [0.29, 0.717) is 6.04 Å². The van der Waals surface area contributed by atoms with Gasteiger partial charge in [-0.1, -0.05) is 6.92 Å². The molecule has 21 heavy (non-hydrogen) atoms. The Hall–Kier alpha value is -1.16. The molecule has 2 unspecified atom stereocenters. The van der Waals surface area contributed by atoms with Gasteiger partial charge < -0.3 is 10.6 Å². The molecule has 2 rings (SSSR count). The zero-order valence-corrected chi connectivity index (χ0v) is 14.1. The summed E-state index contributed by atoms with van der Waals surface area (Å²) in [6, 6.07) is 6.22. The van der Waals surface area contributed by atoms with Crippen molar-refractivity contribution in [2.24, 2.45) is 0 Å². The van der Waals surface area contributed by atoms with Crippen molar-refractivity contribution < 1.29 is 4.79 Å². The van der Waals surface area contributed by atoms with Crippen molar-refractivity contribution in [3.8, 4) is 0 Å². The van der Waals surface area contributed by atoms with Crippen LogP contribution in [0.3, 0.4) is 0 Å². The van der Waals surface area contributed by atoms with Crippen molar-refractivity contribution in [1.82, 2.24) is 5.32 Å². The maximum absolute atomic E-state index is 12.3. The highest BCUT2D eigenvalue weighted by atomic mass is 32.2. The molecular weight excluding hydrogens is 280 g/mol. The van der Waals surface area contributed by atoms with Gasteiger partial charge in [-0.2, -0.15) is 11.8 Å². The molecule has 2 N–H and O–H groups in total. The molecule has 1 fully saturated rings. The van der Waals surface area contributed by atoms with Gasteiger partial charge in [-0.25, -0.2) is 0 Å². The zero-order valence-electron chi connectivity index (χ0n) is 13.2. The van der Waals surface area contributed by atoms with Crippen LogP contribution in [0, 0.1) is 6.92 Å². The highest BCUT2D eigenvalue weighted by Gasteiger charge is 2.26. The second-order valence-electron chi connectivity index (χ2n) is 5.62. The monoisotopic (exact) mass is 306 g/mol. The van der Waals surface area contributed by atoms with E-state index in [1.54, 1.807) is 0 Å². The van der Waals surface area contributed by atoms with Gasteiger partial charge >= 0.3 is 0 Å². The molecule has 3 nitrogen and oxygen atoms in total. The summed E-state index contributed by atoms with van der Waals surface area (Å²) in [4.78, 5) is 12.3. The maximum atomic E-state index is 12.3. The Bertz CT molecular complexity index is 490. The van der Waals surface area contributed by atoms with Gasteiger partial charge in [-0.3, -0.25) is 4.79 Å². The second-order valence-corrected chi connectivity index (χ2v) is 7.20. The van der Waals surface area contributed by atoms with E-state index < -0.39 is 0 Å². The summed E-state index contributed by atoms with van der Waals surface area (Å²) in [6.07, 6.45) is 3.44. The standard InChI is InChI=1S/C17H26N2OS/c1-4-18-16-9-6-13(10-12(16)3)17(20)19-14-7-8-15(11-14)21-5-2/h6,9-10,14-15,18H,4-5,7-8,11H2,1-3H3,(H,19,20). The number of carbonyl (C=O) groups is 1. The lowest BCUT2D eigenvalue weighted by atomic mass is 10.1. The van der Waals surface area contributed by atoms with Gasteiger partial charge in [0.1, 0.15) is 0 Å². The Morgan fingerprint density at radius 3 is 2.81 bits per heavy atom. The van der Waals surface area contributed by atoms with Gasteiger partial charge in [0.15, 0.2) is 0 Å². The molecule has 1 aliphatic carbocycles. The van der Waals surface area contributed by atoms with Crippen LogP contribution in [0.4, 0.5) is 5.69 Å². The molecule has 0 heterocycles. The van der Waals surface area contributed by atoms with Gasteiger partial charge in [-0.15, -0.1) is 0 Å². The van der Waals surface area contributed by atoms with Crippen molar-refractivity contribution >= 4 is 23.4 Å². The summed E-state index contributed by atoms with van der Waals surface area (Å²) in [5.41, 5.74) is 2.99. The molecule has 0 saturated heterocycles. The average Bonchev–Trinajstić information content (AvgIpc) is 2.89. The smallest absolute Gasteiger partial charge is 0.251 e. The van der Waals surface area contributed by atoms with Gasteiger partial charge in [0.25, 0.3) is 5.91 Å². The van der Waals surface area contributed by atoms with Gasteiger partial charge in [-0.05, 0) is 62.6 Å². The molecule has 0 bridgehead atoms. The first kappa shape index (κ1) is 16.2. The van der Waals surface area contributed by atoms with Gasteiger partial charge in [0.2, 0.25) is 0 Å². The molecule has 2 atom stereocenters. The summed E-state index contributed by atoms with van der Waals surface area (Å²) in [5.74, 6) is 1.23. The summed E-state index contributed by atoms with van der Waals surface area (Å²) in [7, 11) is 0.